The molecular formula is C17H22BrClN4O. The molecule has 2 N–H and O–H groups in total. The van der Waals surface area contributed by atoms with Gasteiger partial charge in [-0.1, -0.05) is 15.9 Å². The number of likely N-dealkylation sites (tertiary alicyclic amines) is 1. The van der Waals surface area contributed by atoms with Crippen molar-refractivity contribution in [3.05, 3.63) is 46.7 Å². The summed E-state index contributed by atoms with van der Waals surface area (Å²) in [6.07, 6.45) is 5.39. The van der Waals surface area contributed by atoms with Crippen LogP contribution in [-0.2, 0) is 0 Å². The van der Waals surface area contributed by atoms with Gasteiger partial charge in [-0.05, 0) is 49.9 Å². The van der Waals surface area contributed by atoms with Gasteiger partial charge in [0.2, 0.25) is 0 Å². The number of halogens is 2. The van der Waals surface area contributed by atoms with E-state index in [1.165, 1.54) is 0 Å². The maximum Gasteiger partial charge on any atom is 0.257 e. The number of benzene rings is 1. The first-order valence-corrected chi connectivity index (χ1v) is 8.69. The molecule has 0 spiro atoms. The summed E-state index contributed by atoms with van der Waals surface area (Å²) in [7, 11) is 0. The highest BCUT2D eigenvalue weighted by molar-refractivity contribution is 9.10. The Labute approximate surface area is 156 Å². The summed E-state index contributed by atoms with van der Waals surface area (Å²) in [6.45, 7) is 3.59. The van der Waals surface area contributed by atoms with Crippen LogP contribution in [0.5, 0.6) is 0 Å². The number of piperidine rings is 1. The normalized spacial score (nSPS) is 16.5. The minimum atomic E-state index is 0. The van der Waals surface area contributed by atoms with E-state index >= 15 is 0 Å². The van der Waals surface area contributed by atoms with Gasteiger partial charge in [-0.15, -0.1) is 12.4 Å². The number of rotatable bonds is 3. The van der Waals surface area contributed by atoms with Gasteiger partial charge in [0.05, 0.1) is 17.4 Å². The third-order valence-electron chi connectivity index (χ3n) is 4.49. The van der Waals surface area contributed by atoms with Crippen LogP contribution in [0.4, 0.5) is 0 Å². The molecule has 1 aliphatic heterocycles. The van der Waals surface area contributed by atoms with E-state index in [2.05, 4.69) is 21.0 Å². The quantitative estimate of drug-likeness (QED) is 0.840. The molecule has 1 saturated heterocycles. The Kier molecular flexibility index (Phi) is 6.43. The Morgan fingerprint density at radius 2 is 1.92 bits per heavy atom. The third-order valence-corrected chi connectivity index (χ3v) is 5.02. The highest BCUT2D eigenvalue weighted by Gasteiger charge is 2.26. The van der Waals surface area contributed by atoms with Crippen LogP contribution < -0.4 is 5.73 Å². The van der Waals surface area contributed by atoms with Crippen molar-refractivity contribution in [2.75, 3.05) is 13.1 Å². The zero-order valence-electron chi connectivity index (χ0n) is 13.6. The first-order valence-electron chi connectivity index (χ1n) is 7.90. The largest absolute Gasteiger partial charge is 0.339 e. The van der Waals surface area contributed by atoms with Crippen LogP contribution in [0.3, 0.4) is 0 Å². The summed E-state index contributed by atoms with van der Waals surface area (Å²) in [5, 5.41) is 4.31. The molecule has 0 bridgehead atoms. The first-order chi connectivity index (χ1) is 11.0. The topological polar surface area (TPSA) is 64.2 Å². The summed E-state index contributed by atoms with van der Waals surface area (Å²) in [4.78, 5) is 14.5. The molecule has 24 heavy (non-hydrogen) atoms. The monoisotopic (exact) mass is 412 g/mol. The number of carbonyl (C=O) groups excluding carboxylic acids is 1. The lowest BCUT2D eigenvalue weighted by molar-refractivity contribution is 0.0681. The molecule has 1 unspecified atom stereocenters. The van der Waals surface area contributed by atoms with Crippen molar-refractivity contribution in [1.29, 1.82) is 0 Å². The molecule has 0 radical (unpaired) electrons. The fraction of sp³-hybridized carbons (Fsp3) is 0.412. The molecule has 1 amide bonds. The fourth-order valence-electron chi connectivity index (χ4n) is 2.98. The number of carbonyl (C=O) groups is 1. The Morgan fingerprint density at radius 1 is 1.29 bits per heavy atom. The van der Waals surface area contributed by atoms with E-state index in [4.69, 9.17) is 5.73 Å². The van der Waals surface area contributed by atoms with E-state index in [-0.39, 0.29) is 24.4 Å². The molecular weight excluding hydrogens is 392 g/mol. The van der Waals surface area contributed by atoms with Crippen molar-refractivity contribution in [3.8, 4) is 5.69 Å². The van der Waals surface area contributed by atoms with Gasteiger partial charge in [-0.2, -0.15) is 5.10 Å². The molecule has 1 atom stereocenters. The summed E-state index contributed by atoms with van der Waals surface area (Å²) in [5.74, 6) is 0.570. The van der Waals surface area contributed by atoms with Gasteiger partial charge < -0.3 is 10.6 Å². The molecule has 2 aromatic rings. The van der Waals surface area contributed by atoms with Gasteiger partial charge in [0.15, 0.2) is 0 Å². The average Bonchev–Trinajstić information content (AvgIpc) is 3.05. The van der Waals surface area contributed by atoms with Gasteiger partial charge in [0.1, 0.15) is 0 Å². The van der Waals surface area contributed by atoms with Gasteiger partial charge in [-0.3, -0.25) is 4.79 Å². The molecule has 0 aliphatic carbocycles. The number of hydrogen-bond acceptors (Lipinski definition) is 3. The van der Waals surface area contributed by atoms with E-state index in [0.29, 0.717) is 11.5 Å². The van der Waals surface area contributed by atoms with Gasteiger partial charge in [0, 0.05) is 29.8 Å². The Morgan fingerprint density at radius 3 is 2.50 bits per heavy atom. The smallest absolute Gasteiger partial charge is 0.257 e. The third kappa shape index (κ3) is 4.18. The lowest BCUT2D eigenvalue weighted by atomic mass is 9.91. The number of aromatic nitrogens is 2. The lowest BCUT2D eigenvalue weighted by Gasteiger charge is -2.33. The summed E-state index contributed by atoms with van der Waals surface area (Å²) >= 11 is 3.41. The van der Waals surface area contributed by atoms with E-state index in [9.17, 15) is 4.79 Å². The number of hydrogen-bond donors (Lipinski definition) is 1. The minimum absolute atomic E-state index is 0. The van der Waals surface area contributed by atoms with Crippen molar-refractivity contribution in [1.82, 2.24) is 14.7 Å². The highest BCUT2D eigenvalue weighted by Crippen LogP contribution is 2.21. The van der Waals surface area contributed by atoms with Crippen LogP contribution in [0.2, 0.25) is 0 Å². The van der Waals surface area contributed by atoms with Crippen LogP contribution >= 0.6 is 28.3 Å². The fourth-order valence-corrected chi connectivity index (χ4v) is 3.24. The molecule has 7 heteroatoms. The molecule has 130 valence electrons. The SMILES string of the molecule is CC(N)C1CCN(C(=O)c2cnn(-c3ccc(Br)cc3)c2)CC1.Cl. The van der Waals surface area contributed by atoms with E-state index in [0.717, 1.165) is 36.1 Å². The van der Waals surface area contributed by atoms with Crippen LogP contribution in [-0.4, -0.2) is 39.7 Å². The van der Waals surface area contributed by atoms with Crippen molar-refractivity contribution in [2.24, 2.45) is 11.7 Å². The van der Waals surface area contributed by atoms with Crippen molar-refractivity contribution >= 4 is 34.2 Å². The second kappa shape index (κ2) is 8.14. The van der Waals surface area contributed by atoms with Crippen LogP contribution in [0.1, 0.15) is 30.1 Å². The number of nitrogens with two attached hydrogens (primary N) is 1. The van der Waals surface area contributed by atoms with Crippen LogP contribution in [0.25, 0.3) is 5.69 Å². The number of nitrogens with zero attached hydrogens (tertiary/aromatic N) is 3. The molecule has 5 nitrogen and oxygen atoms in total. The predicted octanol–water partition coefficient (Wildman–Crippen LogP) is 3.26. The summed E-state index contributed by atoms with van der Waals surface area (Å²) in [5.41, 5.74) is 7.52. The lowest BCUT2D eigenvalue weighted by Crippen LogP contribution is -2.42. The second-order valence-electron chi connectivity index (χ2n) is 6.14. The molecule has 1 fully saturated rings. The summed E-state index contributed by atoms with van der Waals surface area (Å²) < 4.78 is 2.75. The second-order valence-corrected chi connectivity index (χ2v) is 7.05. The van der Waals surface area contributed by atoms with Crippen molar-refractivity contribution in [2.45, 2.75) is 25.8 Å². The predicted molar refractivity (Wildman–Crippen MR) is 101 cm³/mol. The van der Waals surface area contributed by atoms with Crippen LogP contribution in [0, 0.1) is 5.92 Å². The number of amides is 1. The van der Waals surface area contributed by atoms with E-state index in [1.807, 2.05) is 36.1 Å². The molecule has 2 heterocycles. The molecule has 1 aromatic heterocycles. The molecule has 1 aliphatic rings. The Balaban J connectivity index is 0.00000208. The molecule has 3 rings (SSSR count). The zero-order chi connectivity index (χ0) is 16.4. The van der Waals surface area contributed by atoms with Crippen molar-refractivity contribution < 1.29 is 4.79 Å². The standard InChI is InChI=1S/C17H21BrN4O.ClH/c1-12(19)13-6-8-21(9-7-13)17(23)14-10-20-22(11-14)16-4-2-15(18)3-5-16;/h2-5,10-13H,6-9,19H2,1H3;1H. The van der Waals surface area contributed by atoms with E-state index < -0.39 is 0 Å². The Hall–Kier alpha value is -1.37. The van der Waals surface area contributed by atoms with Crippen LogP contribution in [0.15, 0.2) is 41.1 Å². The van der Waals surface area contributed by atoms with Gasteiger partial charge in [0.25, 0.3) is 5.91 Å². The van der Waals surface area contributed by atoms with E-state index in [1.54, 1.807) is 17.1 Å². The first kappa shape index (κ1) is 19.0. The van der Waals surface area contributed by atoms with Crippen molar-refractivity contribution in [3.63, 3.8) is 0 Å². The maximum absolute atomic E-state index is 12.6. The maximum atomic E-state index is 12.6. The van der Waals surface area contributed by atoms with Gasteiger partial charge >= 0.3 is 0 Å². The minimum Gasteiger partial charge on any atom is -0.339 e. The van der Waals surface area contributed by atoms with Gasteiger partial charge in [-0.25, -0.2) is 4.68 Å². The summed E-state index contributed by atoms with van der Waals surface area (Å²) in [6, 6.07) is 8.03. The Bertz CT molecular complexity index is 678. The molecule has 0 saturated carbocycles. The average molecular weight is 414 g/mol. The molecule has 1 aromatic carbocycles. The zero-order valence-corrected chi connectivity index (χ0v) is 16.0. The highest BCUT2D eigenvalue weighted by atomic mass is 79.9.